The first-order valence-electron chi connectivity index (χ1n) is 19.8. The number of aliphatic hydroxyl groups is 2. The number of ether oxygens (including phenoxy) is 1. The summed E-state index contributed by atoms with van der Waals surface area (Å²) in [7, 11) is -1.23. The minimum atomic E-state index is -1.23. The Hall–Kier alpha value is -5.76. The maximum absolute atomic E-state index is 13.2. The van der Waals surface area contributed by atoms with E-state index in [9.17, 15) is 19.8 Å². The summed E-state index contributed by atoms with van der Waals surface area (Å²) in [6, 6.07) is 12.0. The highest BCUT2D eigenvalue weighted by molar-refractivity contribution is 6.76. The van der Waals surface area contributed by atoms with E-state index in [0.717, 1.165) is 27.8 Å². The first-order chi connectivity index (χ1) is 29.3. The van der Waals surface area contributed by atoms with Gasteiger partial charge in [-0.05, 0) is 70.1 Å². The summed E-state index contributed by atoms with van der Waals surface area (Å²) in [4.78, 5) is 47.0. The van der Waals surface area contributed by atoms with Gasteiger partial charge >= 0.3 is 0 Å². The quantitative estimate of drug-likeness (QED) is 0.0607. The zero-order chi connectivity index (χ0) is 44.6. The molecule has 8 aromatic rings. The molecule has 0 aliphatic rings. The number of nitrogens with zero attached hydrogens (tertiary/aromatic N) is 9. The first kappa shape index (κ1) is 44.3. The molecule has 2 amide bonds. The van der Waals surface area contributed by atoms with Crippen LogP contribution in [0.25, 0.3) is 55.8 Å². The van der Waals surface area contributed by atoms with Gasteiger partial charge in [-0.1, -0.05) is 42.8 Å². The Kier molecular flexibility index (Phi) is 12.5. The van der Waals surface area contributed by atoms with Gasteiger partial charge in [-0.15, -0.1) is 0 Å². The number of H-pyrrole nitrogens is 1. The van der Waals surface area contributed by atoms with Crippen molar-refractivity contribution >= 4 is 87.2 Å². The summed E-state index contributed by atoms with van der Waals surface area (Å²) in [5.41, 5.74) is 2.70. The predicted octanol–water partition coefficient (Wildman–Crippen LogP) is 6.69. The van der Waals surface area contributed by atoms with E-state index in [1.54, 1.807) is 90.9 Å². The van der Waals surface area contributed by atoms with Crippen LogP contribution in [0, 0.1) is 0 Å². The Morgan fingerprint density at radius 3 is 1.85 bits per heavy atom. The molecule has 0 saturated carbocycles. The molecule has 6 heterocycles. The molecule has 2 aromatic carbocycles. The van der Waals surface area contributed by atoms with Crippen LogP contribution in [-0.4, -0.2) is 110 Å². The largest absolute Gasteiger partial charge is 0.394 e. The Balaban J connectivity index is 0.000000192. The number of benzene rings is 2. The summed E-state index contributed by atoms with van der Waals surface area (Å²) >= 11 is 12.1. The van der Waals surface area contributed by atoms with Crippen molar-refractivity contribution in [3.63, 3.8) is 0 Å². The van der Waals surface area contributed by atoms with E-state index in [0.29, 0.717) is 61.7 Å². The van der Waals surface area contributed by atoms with Crippen molar-refractivity contribution < 1.29 is 24.5 Å². The smallest absolute Gasteiger partial charge is 0.255 e. The second-order valence-corrected chi connectivity index (χ2v) is 23.9. The number of aliphatic hydroxyl groups excluding tert-OH is 2. The van der Waals surface area contributed by atoms with Gasteiger partial charge in [0, 0.05) is 47.9 Å². The van der Waals surface area contributed by atoms with Crippen molar-refractivity contribution in [1.82, 2.24) is 59.7 Å². The van der Waals surface area contributed by atoms with Crippen molar-refractivity contribution in [3.05, 3.63) is 94.8 Å². The number of aromatic nitrogens is 10. The van der Waals surface area contributed by atoms with Gasteiger partial charge in [0.05, 0.1) is 71.2 Å². The first-order valence-corrected chi connectivity index (χ1v) is 24.2. The van der Waals surface area contributed by atoms with E-state index in [2.05, 4.69) is 60.4 Å². The van der Waals surface area contributed by atoms with E-state index in [1.165, 1.54) is 0 Å². The van der Waals surface area contributed by atoms with Crippen LogP contribution in [-0.2, 0) is 11.5 Å². The third-order valence-corrected chi connectivity index (χ3v) is 12.0. The van der Waals surface area contributed by atoms with Crippen molar-refractivity contribution in [2.75, 3.05) is 19.8 Å². The molecule has 62 heavy (non-hydrogen) atoms. The molecule has 324 valence electrons. The van der Waals surface area contributed by atoms with Crippen LogP contribution in [0.4, 0.5) is 0 Å². The molecule has 8 rings (SSSR count). The Labute approximate surface area is 367 Å². The van der Waals surface area contributed by atoms with Gasteiger partial charge in [0.2, 0.25) is 0 Å². The number of amides is 2. The van der Waals surface area contributed by atoms with Gasteiger partial charge in [0.15, 0.2) is 22.9 Å². The number of nitrogens with one attached hydrogen (secondary N) is 3. The monoisotopic (exact) mass is 898 g/mol. The molecule has 0 radical (unpaired) electrons. The molecule has 0 bridgehead atoms. The maximum Gasteiger partial charge on any atom is 0.255 e. The molecular weight excluding hydrogens is 852 g/mol. The number of aromatic amines is 1. The third-order valence-electron chi connectivity index (χ3n) is 9.83. The van der Waals surface area contributed by atoms with Crippen molar-refractivity contribution in [2.24, 2.45) is 0 Å². The molecule has 5 N–H and O–H groups in total. The van der Waals surface area contributed by atoms with E-state index in [4.69, 9.17) is 32.9 Å². The number of carbonyl (C=O) groups excluding carboxylic acids is 2. The van der Waals surface area contributed by atoms with Crippen molar-refractivity contribution in [1.29, 1.82) is 0 Å². The highest BCUT2D eigenvalue weighted by Gasteiger charge is 2.26. The SMILES string of the molecule is CC(C)(CO)NC(=O)c1c[nH]c2ncc(-n3ncc4cc(Cl)ccc43)nc12.CC(C)(CO)NC(=O)c1cn(COCC[Si](C)(C)C)c2ncc(-n3ncc4cc(Cl)ccc43)nc12. The lowest BCUT2D eigenvalue weighted by atomic mass is 10.1. The average molecular weight is 900 g/mol. The van der Waals surface area contributed by atoms with Gasteiger partial charge in [-0.2, -0.15) is 10.2 Å². The van der Waals surface area contributed by atoms with E-state index in [1.807, 2.05) is 24.3 Å². The fourth-order valence-electron chi connectivity index (χ4n) is 6.31. The minimum absolute atomic E-state index is 0.181. The van der Waals surface area contributed by atoms with Crippen LogP contribution in [0.1, 0.15) is 48.4 Å². The molecule has 0 unspecified atom stereocenters. The number of carbonyl (C=O) groups is 2. The van der Waals surface area contributed by atoms with Crippen LogP contribution in [0.3, 0.4) is 0 Å². The summed E-state index contributed by atoms with van der Waals surface area (Å²) in [6.45, 7) is 14.4. The number of hydrogen-bond acceptors (Lipinski definition) is 11. The molecule has 20 heteroatoms. The van der Waals surface area contributed by atoms with Crippen molar-refractivity contribution in [3.8, 4) is 11.6 Å². The molecule has 0 saturated heterocycles. The van der Waals surface area contributed by atoms with Gasteiger partial charge in [0.1, 0.15) is 17.8 Å². The molecular formula is C42H48Cl2N12O5Si. The number of fused-ring (bicyclic) bond motifs is 4. The number of hydrogen-bond donors (Lipinski definition) is 5. The van der Waals surface area contributed by atoms with E-state index in [-0.39, 0.29) is 31.8 Å². The Bertz CT molecular complexity index is 2930. The fraction of sp³-hybridized carbons (Fsp3) is 0.333. The molecule has 0 atom stereocenters. The second kappa shape index (κ2) is 17.5. The number of halogens is 2. The standard InChI is InChI=1S/C24H31ClN6O3Si.C18H17ClN6O2/c1-24(2,14-32)29-23(33)18-13-30(15-34-8-9-35(3,4)5)22-21(18)28-20(12-26-22)31-19-7-6-17(25)10-16(19)11-27-31;1-18(2,9-26)24-17(27)12-7-20-16-15(12)23-14(8-21-16)25-13-4-3-11(19)5-10(13)6-22-25/h6-7,10-13,32H,8-9,14-15H2,1-5H3,(H,29,33);3-8,26H,9H2,1-2H3,(H,20,21)(H,24,27). The lowest BCUT2D eigenvalue weighted by molar-refractivity contribution is 0.0855. The zero-order valence-electron chi connectivity index (χ0n) is 35.4. The second-order valence-electron chi connectivity index (χ2n) is 17.4. The van der Waals surface area contributed by atoms with E-state index < -0.39 is 19.2 Å². The summed E-state index contributed by atoms with van der Waals surface area (Å²) in [5.74, 6) is 0.264. The van der Waals surface area contributed by atoms with Crippen LogP contribution >= 0.6 is 23.2 Å². The molecule has 6 aromatic heterocycles. The average Bonchev–Trinajstić information content (AvgIpc) is 4.02. The highest BCUT2D eigenvalue weighted by Crippen LogP contribution is 2.26. The van der Waals surface area contributed by atoms with Gasteiger partial charge in [0.25, 0.3) is 11.8 Å². The highest BCUT2D eigenvalue weighted by atomic mass is 35.5. The zero-order valence-corrected chi connectivity index (χ0v) is 37.9. The molecule has 0 aliphatic carbocycles. The Morgan fingerprint density at radius 2 is 1.31 bits per heavy atom. The minimum Gasteiger partial charge on any atom is -0.394 e. The van der Waals surface area contributed by atoms with Gasteiger partial charge in [-0.3, -0.25) is 9.59 Å². The Morgan fingerprint density at radius 1 is 0.774 bits per heavy atom. The van der Waals surface area contributed by atoms with Crippen LogP contribution in [0.2, 0.25) is 35.7 Å². The van der Waals surface area contributed by atoms with Crippen LogP contribution < -0.4 is 10.6 Å². The van der Waals surface area contributed by atoms with Gasteiger partial charge < -0.3 is 35.1 Å². The fourth-order valence-corrected chi connectivity index (χ4v) is 7.43. The molecule has 17 nitrogen and oxygen atoms in total. The third kappa shape index (κ3) is 9.80. The van der Waals surface area contributed by atoms with Crippen LogP contribution in [0.15, 0.2) is 73.6 Å². The van der Waals surface area contributed by atoms with Crippen molar-refractivity contribution in [2.45, 2.75) is 71.2 Å². The lowest BCUT2D eigenvalue weighted by Crippen LogP contribution is -2.46. The lowest BCUT2D eigenvalue weighted by Gasteiger charge is -2.23. The van der Waals surface area contributed by atoms with Crippen LogP contribution in [0.5, 0.6) is 0 Å². The maximum atomic E-state index is 13.2. The van der Waals surface area contributed by atoms with E-state index >= 15 is 0 Å². The molecule has 0 spiro atoms. The number of rotatable bonds is 13. The predicted molar refractivity (Wildman–Crippen MR) is 242 cm³/mol. The molecule has 0 aliphatic heterocycles. The summed E-state index contributed by atoms with van der Waals surface area (Å²) < 4.78 is 11.0. The summed E-state index contributed by atoms with van der Waals surface area (Å²) in [5, 5.41) is 36.4. The summed E-state index contributed by atoms with van der Waals surface area (Å²) in [6.07, 6.45) is 9.87. The van der Waals surface area contributed by atoms with Gasteiger partial charge in [-0.25, -0.2) is 29.3 Å². The molecule has 0 fully saturated rings. The topological polar surface area (TPSA) is 216 Å². The normalized spacial score (nSPS) is 12.3.